The van der Waals surface area contributed by atoms with E-state index >= 15 is 0 Å². The number of rotatable bonds is 13. The minimum Gasteiger partial charge on any atom is -0.465 e. The SMILES string of the molecule is CC(C)(C)[Si](C)(C)O[C@@H](C[C@@H](Cc1ccc(Br)cc1)NC(=O)OCc1ccccc1)[C@H](Cc1ccccc1)NC(=O)O. The summed E-state index contributed by atoms with van der Waals surface area (Å²) in [7, 11) is -2.35. The van der Waals surface area contributed by atoms with Crippen molar-refractivity contribution in [2.45, 2.75) is 83.0 Å². The molecule has 3 N–H and O–H groups in total. The zero-order valence-corrected chi connectivity index (χ0v) is 27.7. The van der Waals surface area contributed by atoms with Gasteiger partial charge in [0.1, 0.15) is 6.61 Å². The molecular weight excluding hydrogens is 612 g/mol. The van der Waals surface area contributed by atoms with Crippen molar-refractivity contribution in [3.63, 3.8) is 0 Å². The summed E-state index contributed by atoms with van der Waals surface area (Å²) in [5.74, 6) is 0. The van der Waals surface area contributed by atoms with Crippen molar-refractivity contribution in [3.8, 4) is 0 Å². The van der Waals surface area contributed by atoms with E-state index in [0.29, 0.717) is 19.3 Å². The Morgan fingerprint density at radius 2 is 1.38 bits per heavy atom. The summed E-state index contributed by atoms with van der Waals surface area (Å²) in [5, 5.41) is 15.5. The number of benzene rings is 3. The largest absolute Gasteiger partial charge is 0.465 e. The van der Waals surface area contributed by atoms with E-state index in [1.807, 2.05) is 84.9 Å². The maximum atomic E-state index is 13.1. The van der Waals surface area contributed by atoms with Crippen LogP contribution >= 0.6 is 15.9 Å². The molecule has 7 nitrogen and oxygen atoms in total. The fraction of sp³-hybridized carbons (Fsp3) is 0.394. The molecule has 3 atom stereocenters. The van der Waals surface area contributed by atoms with Crippen LogP contribution in [0.2, 0.25) is 18.1 Å². The fourth-order valence-electron chi connectivity index (χ4n) is 4.46. The quantitative estimate of drug-likeness (QED) is 0.163. The molecular formula is C33H43BrN2O5Si. The number of carbonyl (C=O) groups is 2. The first-order valence-electron chi connectivity index (χ1n) is 14.3. The van der Waals surface area contributed by atoms with Gasteiger partial charge in [-0.25, -0.2) is 9.59 Å². The van der Waals surface area contributed by atoms with Crippen LogP contribution < -0.4 is 10.6 Å². The molecule has 3 aromatic carbocycles. The van der Waals surface area contributed by atoms with Crippen molar-refractivity contribution in [3.05, 3.63) is 106 Å². The minimum absolute atomic E-state index is 0.102. The molecule has 0 spiro atoms. The van der Waals surface area contributed by atoms with Gasteiger partial charge in [0.05, 0.1) is 12.1 Å². The molecule has 0 saturated carbocycles. The van der Waals surface area contributed by atoms with Crippen LogP contribution in [-0.2, 0) is 28.6 Å². The summed E-state index contributed by atoms with van der Waals surface area (Å²) in [6.45, 7) is 10.9. The van der Waals surface area contributed by atoms with Crippen molar-refractivity contribution in [1.29, 1.82) is 0 Å². The Labute approximate surface area is 259 Å². The van der Waals surface area contributed by atoms with Crippen LogP contribution in [0.25, 0.3) is 0 Å². The normalized spacial score (nSPS) is 14.0. The predicted octanol–water partition coefficient (Wildman–Crippen LogP) is 7.95. The second-order valence-electron chi connectivity index (χ2n) is 12.1. The predicted molar refractivity (Wildman–Crippen MR) is 173 cm³/mol. The third-order valence-electron chi connectivity index (χ3n) is 7.76. The third-order valence-corrected chi connectivity index (χ3v) is 12.8. The van der Waals surface area contributed by atoms with Gasteiger partial charge in [0.15, 0.2) is 8.32 Å². The summed E-state index contributed by atoms with van der Waals surface area (Å²) in [6, 6.07) is 26.4. The first-order valence-corrected chi connectivity index (χ1v) is 18.0. The molecule has 9 heteroatoms. The molecule has 0 heterocycles. The Morgan fingerprint density at radius 1 is 0.833 bits per heavy atom. The topological polar surface area (TPSA) is 96.9 Å². The molecule has 0 radical (unpaired) electrons. The van der Waals surface area contributed by atoms with Crippen molar-refractivity contribution in [1.82, 2.24) is 10.6 Å². The smallest absolute Gasteiger partial charge is 0.407 e. The Hall–Kier alpha value is -3.14. The highest BCUT2D eigenvalue weighted by molar-refractivity contribution is 9.10. The van der Waals surface area contributed by atoms with E-state index in [0.717, 1.165) is 21.2 Å². The zero-order chi connectivity index (χ0) is 30.8. The molecule has 226 valence electrons. The number of halogens is 1. The lowest BCUT2D eigenvalue weighted by molar-refractivity contribution is 0.102. The molecule has 0 aliphatic heterocycles. The number of carbonyl (C=O) groups excluding carboxylic acids is 1. The second-order valence-corrected chi connectivity index (χ2v) is 17.8. The van der Waals surface area contributed by atoms with Crippen LogP contribution in [0.15, 0.2) is 89.4 Å². The van der Waals surface area contributed by atoms with Gasteiger partial charge in [-0.05, 0) is 66.2 Å². The highest BCUT2D eigenvalue weighted by Gasteiger charge is 2.42. The molecule has 2 amide bonds. The van der Waals surface area contributed by atoms with Gasteiger partial charge in [-0.15, -0.1) is 0 Å². The van der Waals surface area contributed by atoms with Crippen LogP contribution in [0.1, 0.15) is 43.9 Å². The summed E-state index contributed by atoms with van der Waals surface area (Å²) in [6.07, 6.45) is -0.776. The maximum Gasteiger partial charge on any atom is 0.407 e. The van der Waals surface area contributed by atoms with Crippen molar-refractivity contribution in [2.24, 2.45) is 0 Å². The molecule has 0 aliphatic carbocycles. The van der Waals surface area contributed by atoms with Gasteiger partial charge < -0.3 is 24.9 Å². The first kappa shape index (κ1) is 33.4. The van der Waals surface area contributed by atoms with Crippen LogP contribution in [0, 0.1) is 0 Å². The highest BCUT2D eigenvalue weighted by atomic mass is 79.9. The Balaban J connectivity index is 1.92. The lowest BCUT2D eigenvalue weighted by atomic mass is 9.94. The van der Waals surface area contributed by atoms with Gasteiger partial charge in [-0.1, -0.05) is 109 Å². The molecule has 0 aromatic heterocycles. The molecule has 0 bridgehead atoms. The van der Waals surface area contributed by atoms with E-state index in [-0.39, 0.29) is 17.7 Å². The summed E-state index contributed by atoms with van der Waals surface area (Å²) >= 11 is 3.49. The number of amides is 2. The summed E-state index contributed by atoms with van der Waals surface area (Å²) < 4.78 is 13.5. The maximum absolute atomic E-state index is 13.1. The Kier molecular flexibility index (Phi) is 12.2. The van der Waals surface area contributed by atoms with Gasteiger partial charge in [0.25, 0.3) is 0 Å². The average Bonchev–Trinajstić information content (AvgIpc) is 2.92. The van der Waals surface area contributed by atoms with Gasteiger partial charge in [-0.2, -0.15) is 0 Å². The van der Waals surface area contributed by atoms with Crippen LogP contribution in [0.3, 0.4) is 0 Å². The number of hydrogen-bond acceptors (Lipinski definition) is 4. The lowest BCUT2D eigenvalue weighted by Crippen LogP contribution is -2.54. The zero-order valence-electron chi connectivity index (χ0n) is 25.1. The van der Waals surface area contributed by atoms with E-state index in [2.05, 4.69) is 60.4 Å². The molecule has 0 aliphatic rings. The number of hydrogen-bond donors (Lipinski definition) is 3. The molecule has 0 fully saturated rings. The van der Waals surface area contributed by atoms with Crippen molar-refractivity contribution >= 4 is 36.4 Å². The number of carboxylic acid groups (broad SMARTS) is 1. The highest BCUT2D eigenvalue weighted by Crippen LogP contribution is 2.38. The van der Waals surface area contributed by atoms with E-state index in [1.165, 1.54) is 0 Å². The second kappa shape index (κ2) is 15.4. The van der Waals surface area contributed by atoms with E-state index in [4.69, 9.17) is 9.16 Å². The number of alkyl carbamates (subject to hydrolysis) is 1. The van der Waals surface area contributed by atoms with Gasteiger partial charge in [0, 0.05) is 10.5 Å². The van der Waals surface area contributed by atoms with E-state index in [9.17, 15) is 14.7 Å². The fourth-order valence-corrected chi connectivity index (χ4v) is 6.10. The van der Waals surface area contributed by atoms with E-state index < -0.39 is 32.6 Å². The van der Waals surface area contributed by atoms with Crippen LogP contribution in [0.5, 0.6) is 0 Å². The molecule has 0 unspecified atom stereocenters. The minimum atomic E-state index is -2.35. The third kappa shape index (κ3) is 10.9. The van der Waals surface area contributed by atoms with Gasteiger partial charge in [0.2, 0.25) is 0 Å². The van der Waals surface area contributed by atoms with Crippen molar-refractivity contribution < 1.29 is 23.9 Å². The lowest BCUT2D eigenvalue weighted by Gasteiger charge is -2.42. The Morgan fingerprint density at radius 3 is 1.93 bits per heavy atom. The number of ether oxygens (including phenoxy) is 1. The molecule has 3 aromatic rings. The summed E-state index contributed by atoms with van der Waals surface area (Å²) in [5.41, 5.74) is 2.92. The molecule has 0 saturated heterocycles. The number of nitrogens with one attached hydrogen (secondary N) is 2. The average molecular weight is 656 g/mol. The standard InChI is InChI=1S/C33H43BrN2O5Si/c1-33(2,3)42(4,5)41-30(29(36-31(37)38)21-24-12-8-6-9-13-24)22-28(20-25-16-18-27(34)19-17-25)35-32(39)40-23-26-14-10-7-11-15-26/h6-19,28-30,36H,20-23H2,1-5H3,(H,35,39)(H,37,38)/t28-,29+,30+/m1/s1. The Bertz CT molecular complexity index is 1270. The van der Waals surface area contributed by atoms with E-state index in [1.54, 1.807) is 0 Å². The summed E-state index contributed by atoms with van der Waals surface area (Å²) in [4.78, 5) is 25.1. The first-order chi connectivity index (χ1) is 19.8. The van der Waals surface area contributed by atoms with Crippen LogP contribution in [-0.4, -0.2) is 43.8 Å². The monoisotopic (exact) mass is 654 g/mol. The van der Waals surface area contributed by atoms with Gasteiger partial charge >= 0.3 is 12.2 Å². The molecule has 42 heavy (non-hydrogen) atoms. The van der Waals surface area contributed by atoms with Crippen molar-refractivity contribution in [2.75, 3.05) is 0 Å². The van der Waals surface area contributed by atoms with Crippen LogP contribution in [0.4, 0.5) is 9.59 Å². The van der Waals surface area contributed by atoms with Gasteiger partial charge in [-0.3, -0.25) is 0 Å². The molecule has 3 rings (SSSR count).